The lowest BCUT2D eigenvalue weighted by Gasteiger charge is -2.00. The number of rotatable bonds is 3. The number of nitrogens with one attached hydrogen (secondary N) is 1. The fourth-order valence-electron chi connectivity index (χ4n) is 0.729. The molecular weight excluding hydrogens is 144 g/mol. The molecule has 1 aromatic rings. The second kappa shape index (κ2) is 3.45. The minimum absolute atomic E-state index is 0.122. The summed E-state index contributed by atoms with van der Waals surface area (Å²) in [6.07, 6.45) is 0.794. The third-order valence-electron chi connectivity index (χ3n) is 1.47. The molecule has 0 aliphatic carbocycles. The van der Waals surface area contributed by atoms with E-state index in [0.29, 0.717) is 11.6 Å². The fourth-order valence-corrected chi connectivity index (χ4v) is 0.729. The largest absolute Gasteiger partial charge is 0.388 e. The van der Waals surface area contributed by atoms with E-state index in [9.17, 15) is 0 Å². The van der Waals surface area contributed by atoms with Gasteiger partial charge in [-0.25, -0.2) is 4.98 Å². The SMILES string of the molecule is CC[C@H](N)c1n[nH]c(CO)n1. The van der Waals surface area contributed by atoms with E-state index >= 15 is 0 Å². The van der Waals surface area contributed by atoms with Gasteiger partial charge in [-0.05, 0) is 6.42 Å². The molecule has 0 amide bonds. The Balaban J connectivity index is 2.71. The number of hydrogen-bond acceptors (Lipinski definition) is 4. The van der Waals surface area contributed by atoms with E-state index in [-0.39, 0.29) is 12.6 Å². The van der Waals surface area contributed by atoms with Gasteiger partial charge >= 0.3 is 0 Å². The summed E-state index contributed by atoms with van der Waals surface area (Å²) >= 11 is 0. The zero-order valence-electron chi connectivity index (χ0n) is 6.41. The number of aliphatic hydroxyl groups excluding tert-OH is 1. The van der Waals surface area contributed by atoms with Gasteiger partial charge in [-0.2, -0.15) is 5.10 Å². The molecule has 1 heterocycles. The first-order valence-corrected chi connectivity index (χ1v) is 3.55. The Morgan fingerprint density at radius 2 is 2.45 bits per heavy atom. The zero-order valence-corrected chi connectivity index (χ0v) is 6.41. The lowest BCUT2D eigenvalue weighted by molar-refractivity contribution is 0.271. The number of H-pyrrole nitrogens is 1. The Kier molecular flexibility index (Phi) is 2.56. The van der Waals surface area contributed by atoms with Crippen molar-refractivity contribution in [3.8, 4) is 0 Å². The molecule has 0 unspecified atom stereocenters. The molecule has 1 aromatic heterocycles. The summed E-state index contributed by atoms with van der Waals surface area (Å²) in [4.78, 5) is 3.96. The minimum Gasteiger partial charge on any atom is -0.388 e. The highest BCUT2D eigenvalue weighted by atomic mass is 16.3. The van der Waals surface area contributed by atoms with Crippen LogP contribution in [0.25, 0.3) is 0 Å². The molecule has 0 bridgehead atoms. The number of aromatic nitrogens is 3. The molecule has 0 aliphatic heterocycles. The van der Waals surface area contributed by atoms with Crippen molar-refractivity contribution in [2.45, 2.75) is 26.0 Å². The van der Waals surface area contributed by atoms with Crippen LogP contribution in [0, 0.1) is 0 Å². The van der Waals surface area contributed by atoms with E-state index < -0.39 is 0 Å². The highest BCUT2D eigenvalue weighted by Crippen LogP contribution is 2.06. The van der Waals surface area contributed by atoms with Crippen molar-refractivity contribution in [3.63, 3.8) is 0 Å². The molecule has 11 heavy (non-hydrogen) atoms. The van der Waals surface area contributed by atoms with Crippen LogP contribution >= 0.6 is 0 Å². The Bertz CT molecular complexity index is 222. The molecule has 0 aromatic carbocycles. The van der Waals surface area contributed by atoms with Gasteiger partial charge < -0.3 is 10.8 Å². The summed E-state index contributed by atoms with van der Waals surface area (Å²) in [7, 11) is 0. The monoisotopic (exact) mass is 156 g/mol. The van der Waals surface area contributed by atoms with Gasteiger partial charge in [0.1, 0.15) is 12.4 Å². The van der Waals surface area contributed by atoms with Crippen LogP contribution in [0.15, 0.2) is 0 Å². The Morgan fingerprint density at radius 3 is 2.91 bits per heavy atom. The molecule has 5 nitrogen and oxygen atoms in total. The number of nitrogens with zero attached hydrogens (tertiary/aromatic N) is 2. The summed E-state index contributed by atoms with van der Waals surface area (Å²) in [5.74, 6) is 1.03. The topological polar surface area (TPSA) is 87.8 Å². The predicted octanol–water partition coefficient (Wildman–Crippen LogP) is -0.293. The number of hydrogen-bond donors (Lipinski definition) is 3. The molecule has 0 aliphatic rings. The first-order valence-electron chi connectivity index (χ1n) is 3.55. The first-order chi connectivity index (χ1) is 5.27. The fraction of sp³-hybridized carbons (Fsp3) is 0.667. The van der Waals surface area contributed by atoms with Gasteiger partial charge in [-0.1, -0.05) is 6.92 Å². The molecule has 4 N–H and O–H groups in total. The van der Waals surface area contributed by atoms with Gasteiger partial charge in [0.25, 0.3) is 0 Å². The lowest BCUT2D eigenvalue weighted by atomic mass is 10.2. The average molecular weight is 156 g/mol. The normalized spacial score (nSPS) is 13.4. The third-order valence-corrected chi connectivity index (χ3v) is 1.47. The van der Waals surface area contributed by atoms with Gasteiger partial charge in [0.15, 0.2) is 5.82 Å². The molecule has 0 fully saturated rings. The molecule has 1 rings (SSSR count). The van der Waals surface area contributed by atoms with Crippen molar-refractivity contribution in [1.29, 1.82) is 0 Å². The van der Waals surface area contributed by atoms with Gasteiger partial charge in [-0.3, -0.25) is 5.10 Å². The summed E-state index contributed by atoms with van der Waals surface area (Å²) in [6.45, 7) is 1.84. The van der Waals surface area contributed by atoms with E-state index in [1.54, 1.807) is 0 Å². The van der Waals surface area contributed by atoms with Crippen LogP contribution < -0.4 is 5.73 Å². The quantitative estimate of drug-likeness (QED) is 0.561. The molecule has 1 atom stereocenters. The van der Waals surface area contributed by atoms with Crippen LogP contribution in [0.1, 0.15) is 31.0 Å². The van der Waals surface area contributed by atoms with Gasteiger partial charge in [0, 0.05) is 0 Å². The molecule has 0 saturated heterocycles. The Morgan fingerprint density at radius 1 is 1.73 bits per heavy atom. The standard InChI is InChI=1S/C6H12N4O/c1-2-4(7)6-8-5(3-11)9-10-6/h4,11H,2-3,7H2,1H3,(H,8,9,10)/t4-/m0/s1. The first kappa shape index (κ1) is 8.16. The van der Waals surface area contributed by atoms with E-state index in [1.165, 1.54) is 0 Å². The van der Waals surface area contributed by atoms with E-state index in [1.807, 2.05) is 6.92 Å². The molecule has 0 radical (unpaired) electrons. The van der Waals surface area contributed by atoms with Crippen molar-refractivity contribution < 1.29 is 5.11 Å². The van der Waals surface area contributed by atoms with E-state index in [2.05, 4.69) is 15.2 Å². The third kappa shape index (κ3) is 1.75. The van der Waals surface area contributed by atoms with Crippen LogP contribution in [0.2, 0.25) is 0 Å². The maximum absolute atomic E-state index is 8.63. The molecule has 62 valence electrons. The van der Waals surface area contributed by atoms with E-state index in [4.69, 9.17) is 10.8 Å². The summed E-state index contributed by atoms with van der Waals surface area (Å²) in [5, 5.41) is 15.0. The Hall–Kier alpha value is -0.940. The maximum Gasteiger partial charge on any atom is 0.167 e. The highest BCUT2D eigenvalue weighted by Gasteiger charge is 2.08. The maximum atomic E-state index is 8.63. The number of aromatic amines is 1. The van der Waals surface area contributed by atoms with Crippen LogP contribution in [0.4, 0.5) is 0 Å². The van der Waals surface area contributed by atoms with Gasteiger partial charge in [0.2, 0.25) is 0 Å². The highest BCUT2D eigenvalue weighted by molar-refractivity contribution is 4.94. The zero-order chi connectivity index (χ0) is 8.27. The van der Waals surface area contributed by atoms with Gasteiger partial charge in [-0.15, -0.1) is 0 Å². The summed E-state index contributed by atoms with van der Waals surface area (Å²) in [5.41, 5.74) is 5.64. The van der Waals surface area contributed by atoms with Crippen LogP contribution in [0.3, 0.4) is 0 Å². The second-order valence-corrected chi connectivity index (χ2v) is 2.31. The van der Waals surface area contributed by atoms with Gasteiger partial charge in [0.05, 0.1) is 6.04 Å². The van der Waals surface area contributed by atoms with Crippen molar-refractivity contribution >= 4 is 0 Å². The number of nitrogens with two attached hydrogens (primary N) is 1. The molecule has 5 heteroatoms. The molecular formula is C6H12N4O. The van der Waals surface area contributed by atoms with Crippen molar-refractivity contribution in [3.05, 3.63) is 11.6 Å². The second-order valence-electron chi connectivity index (χ2n) is 2.31. The van der Waals surface area contributed by atoms with Crippen LogP contribution in [-0.4, -0.2) is 20.3 Å². The van der Waals surface area contributed by atoms with Crippen LogP contribution in [-0.2, 0) is 6.61 Å². The van der Waals surface area contributed by atoms with Crippen molar-refractivity contribution in [2.24, 2.45) is 5.73 Å². The van der Waals surface area contributed by atoms with Crippen LogP contribution in [0.5, 0.6) is 0 Å². The lowest BCUT2D eigenvalue weighted by Crippen LogP contribution is -2.10. The Labute approximate surface area is 64.6 Å². The van der Waals surface area contributed by atoms with E-state index in [0.717, 1.165) is 6.42 Å². The summed E-state index contributed by atoms with van der Waals surface area (Å²) < 4.78 is 0. The van der Waals surface area contributed by atoms with Crippen molar-refractivity contribution in [2.75, 3.05) is 0 Å². The predicted molar refractivity (Wildman–Crippen MR) is 39.5 cm³/mol. The molecule has 0 spiro atoms. The smallest absolute Gasteiger partial charge is 0.167 e. The molecule has 0 saturated carbocycles. The number of aliphatic hydroxyl groups is 1. The minimum atomic E-state index is -0.133. The average Bonchev–Trinajstić information content (AvgIpc) is 2.50. The summed E-state index contributed by atoms with van der Waals surface area (Å²) in [6, 6.07) is -0.133. The van der Waals surface area contributed by atoms with Crippen molar-refractivity contribution in [1.82, 2.24) is 15.2 Å².